The number of carbonyl (C=O) groups excluding carboxylic acids is 1. The lowest BCUT2D eigenvalue weighted by Gasteiger charge is -2.12. The minimum atomic E-state index is -0.317. The fraction of sp³-hybridized carbons (Fsp3) is 0.125. The molecule has 1 aliphatic heterocycles. The summed E-state index contributed by atoms with van der Waals surface area (Å²) in [6, 6.07) is 13.4. The van der Waals surface area contributed by atoms with Gasteiger partial charge in [0.05, 0.1) is 11.4 Å². The summed E-state index contributed by atoms with van der Waals surface area (Å²) >= 11 is 0. The zero-order valence-electron chi connectivity index (χ0n) is 11.0. The largest absolute Gasteiger partial charge is 0.307 e. The maximum Gasteiger partial charge on any atom is 0.277 e. The summed E-state index contributed by atoms with van der Waals surface area (Å²) < 4.78 is 12.9. The quantitative estimate of drug-likeness (QED) is 0.822. The number of aliphatic imine (C=N–C) groups is 1. The molecule has 0 radical (unpaired) electrons. The van der Waals surface area contributed by atoms with Gasteiger partial charge < -0.3 is 4.90 Å². The van der Waals surface area contributed by atoms with E-state index in [1.165, 1.54) is 12.1 Å². The van der Waals surface area contributed by atoms with Gasteiger partial charge in [-0.3, -0.25) is 4.79 Å². The van der Waals surface area contributed by atoms with Crippen LogP contribution in [-0.2, 0) is 4.79 Å². The van der Waals surface area contributed by atoms with Crippen molar-refractivity contribution in [1.82, 2.24) is 0 Å². The van der Waals surface area contributed by atoms with E-state index in [-0.39, 0.29) is 11.7 Å². The molecule has 1 aliphatic rings. The van der Waals surface area contributed by atoms with Crippen molar-refractivity contribution in [3.63, 3.8) is 0 Å². The van der Waals surface area contributed by atoms with E-state index in [4.69, 9.17) is 0 Å². The topological polar surface area (TPSA) is 32.7 Å². The van der Waals surface area contributed by atoms with Crippen molar-refractivity contribution in [1.29, 1.82) is 0 Å². The second kappa shape index (κ2) is 4.89. The van der Waals surface area contributed by atoms with Crippen LogP contribution in [0, 0.1) is 5.82 Å². The van der Waals surface area contributed by atoms with Crippen molar-refractivity contribution in [3.05, 3.63) is 59.9 Å². The van der Waals surface area contributed by atoms with E-state index in [2.05, 4.69) is 4.99 Å². The molecule has 2 aromatic carbocycles. The van der Waals surface area contributed by atoms with E-state index < -0.39 is 0 Å². The van der Waals surface area contributed by atoms with Crippen molar-refractivity contribution in [2.45, 2.75) is 6.92 Å². The van der Waals surface area contributed by atoms with Gasteiger partial charge in [0.15, 0.2) is 0 Å². The predicted octanol–water partition coefficient (Wildman–Crippen LogP) is 3.31. The lowest BCUT2D eigenvalue weighted by molar-refractivity contribution is -0.112. The Morgan fingerprint density at radius 2 is 1.80 bits per heavy atom. The van der Waals surface area contributed by atoms with Crippen LogP contribution in [0.3, 0.4) is 0 Å². The average Bonchev–Trinajstić information content (AvgIpc) is 2.74. The van der Waals surface area contributed by atoms with E-state index in [0.29, 0.717) is 17.9 Å². The number of para-hydroxylation sites is 1. The minimum Gasteiger partial charge on any atom is -0.307 e. The highest BCUT2D eigenvalue weighted by molar-refractivity contribution is 6.54. The maximum absolute atomic E-state index is 12.9. The highest BCUT2D eigenvalue weighted by Crippen LogP contribution is 2.30. The Kier molecular flexibility index (Phi) is 3.06. The van der Waals surface area contributed by atoms with Crippen LogP contribution >= 0.6 is 0 Å². The maximum atomic E-state index is 12.9. The van der Waals surface area contributed by atoms with Gasteiger partial charge in [-0.05, 0) is 37.3 Å². The molecule has 0 fully saturated rings. The molecular formula is C16H13FN2O. The van der Waals surface area contributed by atoms with Crippen molar-refractivity contribution in [2.24, 2.45) is 4.99 Å². The monoisotopic (exact) mass is 268 g/mol. The SMILES string of the molecule is CCN1C(=O)C(=Nc2ccc(F)cc2)c2ccccc21. The van der Waals surface area contributed by atoms with Crippen LogP contribution in [0.2, 0.25) is 0 Å². The van der Waals surface area contributed by atoms with Gasteiger partial charge in [0.25, 0.3) is 5.91 Å². The standard InChI is InChI=1S/C16H13FN2O/c1-2-19-14-6-4-3-5-13(14)15(16(19)20)18-12-9-7-11(17)8-10-12/h3-10H,2H2,1H3. The first kappa shape index (κ1) is 12.5. The van der Waals surface area contributed by atoms with Crippen molar-refractivity contribution >= 4 is 23.0 Å². The summed E-state index contributed by atoms with van der Waals surface area (Å²) in [5, 5.41) is 0. The van der Waals surface area contributed by atoms with Gasteiger partial charge in [0.2, 0.25) is 0 Å². The molecular weight excluding hydrogens is 255 g/mol. The molecule has 0 spiro atoms. The molecule has 3 rings (SSSR count). The summed E-state index contributed by atoms with van der Waals surface area (Å²) in [5.74, 6) is -0.430. The first-order chi connectivity index (χ1) is 9.70. The van der Waals surface area contributed by atoms with Gasteiger partial charge in [0.1, 0.15) is 11.5 Å². The number of benzene rings is 2. The normalized spacial score (nSPS) is 15.8. The number of carbonyl (C=O) groups is 1. The summed E-state index contributed by atoms with van der Waals surface area (Å²) in [4.78, 5) is 18.5. The fourth-order valence-electron chi connectivity index (χ4n) is 2.33. The highest BCUT2D eigenvalue weighted by atomic mass is 19.1. The second-order valence-electron chi connectivity index (χ2n) is 4.50. The van der Waals surface area contributed by atoms with E-state index in [1.54, 1.807) is 17.0 Å². The number of rotatable bonds is 2. The van der Waals surface area contributed by atoms with Crippen LogP contribution in [0.4, 0.5) is 15.8 Å². The molecule has 20 heavy (non-hydrogen) atoms. The fourth-order valence-corrected chi connectivity index (χ4v) is 2.33. The van der Waals surface area contributed by atoms with Gasteiger partial charge in [-0.15, -0.1) is 0 Å². The molecule has 0 atom stereocenters. The molecule has 0 saturated carbocycles. The molecule has 1 amide bonds. The van der Waals surface area contributed by atoms with E-state index >= 15 is 0 Å². The van der Waals surface area contributed by atoms with Crippen LogP contribution in [0.25, 0.3) is 0 Å². The van der Waals surface area contributed by atoms with Crippen LogP contribution in [0.5, 0.6) is 0 Å². The third kappa shape index (κ3) is 1.99. The Balaban J connectivity index is 2.10. The van der Waals surface area contributed by atoms with Crippen molar-refractivity contribution in [2.75, 3.05) is 11.4 Å². The highest BCUT2D eigenvalue weighted by Gasteiger charge is 2.32. The Morgan fingerprint density at radius 3 is 2.50 bits per heavy atom. The minimum absolute atomic E-state index is 0.113. The third-order valence-corrected chi connectivity index (χ3v) is 3.28. The summed E-state index contributed by atoms with van der Waals surface area (Å²) in [6.45, 7) is 2.52. The molecule has 0 aliphatic carbocycles. The molecule has 0 aromatic heterocycles. The van der Waals surface area contributed by atoms with E-state index in [0.717, 1.165) is 11.3 Å². The summed E-state index contributed by atoms with van der Waals surface area (Å²) in [5.41, 5.74) is 2.68. The first-order valence-corrected chi connectivity index (χ1v) is 6.46. The number of fused-ring (bicyclic) bond motifs is 1. The van der Waals surface area contributed by atoms with Gasteiger partial charge in [-0.1, -0.05) is 18.2 Å². The summed E-state index contributed by atoms with van der Waals surface area (Å²) in [7, 11) is 0. The number of likely N-dealkylation sites (N-methyl/N-ethyl adjacent to an activating group) is 1. The Hall–Kier alpha value is -2.49. The summed E-state index contributed by atoms with van der Waals surface area (Å²) in [6.07, 6.45) is 0. The molecule has 0 saturated heterocycles. The molecule has 2 aromatic rings. The second-order valence-corrected chi connectivity index (χ2v) is 4.50. The van der Waals surface area contributed by atoms with Gasteiger partial charge >= 0.3 is 0 Å². The van der Waals surface area contributed by atoms with Crippen LogP contribution in [0.15, 0.2) is 53.5 Å². The molecule has 0 unspecified atom stereocenters. The third-order valence-electron chi connectivity index (χ3n) is 3.28. The Morgan fingerprint density at radius 1 is 1.10 bits per heavy atom. The van der Waals surface area contributed by atoms with Crippen molar-refractivity contribution < 1.29 is 9.18 Å². The van der Waals surface area contributed by atoms with Gasteiger partial charge in [0, 0.05) is 12.1 Å². The number of halogens is 1. The first-order valence-electron chi connectivity index (χ1n) is 6.46. The van der Waals surface area contributed by atoms with E-state index in [1.807, 2.05) is 31.2 Å². The molecule has 4 heteroatoms. The predicted molar refractivity (Wildman–Crippen MR) is 77.1 cm³/mol. The van der Waals surface area contributed by atoms with Crippen LogP contribution in [0.1, 0.15) is 12.5 Å². The lowest BCUT2D eigenvalue weighted by atomic mass is 10.1. The smallest absolute Gasteiger partial charge is 0.277 e. The van der Waals surface area contributed by atoms with Crippen LogP contribution in [-0.4, -0.2) is 18.2 Å². The number of anilines is 1. The van der Waals surface area contributed by atoms with Gasteiger partial charge in [-0.2, -0.15) is 0 Å². The molecule has 100 valence electrons. The lowest BCUT2D eigenvalue weighted by Crippen LogP contribution is -2.29. The molecule has 0 bridgehead atoms. The number of hydrogen-bond acceptors (Lipinski definition) is 2. The zero-order valence-corrected chi connectivity index (χ0v) is 11.0. The van der Waals surface area contributed by atoms with E-state index in [9.17, 15) is 9.18 Å². The van der Waals surface area contributed by atoms with Crippen LogP contribution < -0.4 is 4.90 Å². The Labute approximate surface area is 116 Å². The zero-order chi connectivity index (χ0) is 14.1. The average molecular weight is 268 g/mol. The molecule has 1 heterocycles. The number of amides is 1. The van der Waals surface area contributed by atoms with Crippen molar-refractivity contribution in [3.8, 4) is 0 Å². The van der Waals surface area contributed by atoms with Gasteiger partial charge in [-0.25, -0.2) is 9.38 Å². The molecule has 0 N–H and O–H groups in total. The Bertz CT molecular complexity index is 692. The number of hydrogen-bond donors (Lipinski definition) is 0. The number of nitrogens with zero attached hydrogens (tertiary/aromatic N) is 2. The molecule has 3 nitrogen and oxygen atoms in total.